The van der Waals surface area contributed by atoms with E-state index in [1.807, 2.05) is 11.0 Å². The van der Waals surface area contributed by atoms with Gasteiger partial charge >= 0.3 is 6.09 Å². The molecular weight excluding hydrogens is 552 g/mol. The molecule has 0 radical (unpaired) electrons. The number of hydrogen-bond donors (Lipinski definition) is 1. The van der Waals surface area contributed by atoms with Crippen molar-refractivity contribution in [1.82, 2.24) is 20.0 Å². The molecule has 3 heterocycles. The van der Waals surface area contributed by atoms with Crippen LogP contribution in [0.2, 0.25) is 0 Å². The summed E-state index contributed by atoms with van der Waals surface area (Å²) in [7, 11) is 1.73. The van der Waals surface area contributed by atoms with E-state index in [0.717, 1.165) is 18.2 Å². The summed E-state index contributed by atoms with van der Waals surface area (Å²) in [5.41, 5.74) is 1.84. The van der Waals surface area contributed by atoms with Gasteiger partial charge < -0.3 is 15.0 Å². The lowest BCUT2D eigenvalue weighted by molar-refractivity contribution is 0.0484. The zero-order valence-electron chi connectivity index (χ0n) is 24.3. The number of alkyl carbamates (subject to hydrolysis) is 1. The topological polar surface area (TPSA) is 100 Å². The summed E-state index contributed by atoms with van der Waals surface area (Å²) in [5.74, 6) is -1.41. The van der Waals surface area contributed by atoms with Gasteiger partial charge in [0, 0.05) is 35.7 Å². The smallest absolute Gasteiger partial charge is 0.407 e. The van der Waals surface area contributed by atoms with Crippen LogP contribution in [-0.4, -0.2) is 50.4 Å². The lowest BCUT2D eigenvalue weighted by Gasteiger charge is -2.27. The van der Waals surface area contributed by atoms with Crippen molar-refractivity contribution in [3.8, 4) is 28.3 Å². The van der Waals surface area contributed by atoms with Crippen molar-refractivity contribution >= 4 is 22.9 Å². The van der Waals surface area contributed by atoms with E-state index in [0.29, 0.717) is 34.2 Å². The predicted molar refractivity (Wildman–Crippen MR) is 157 cm³/mol. The highest BCUT2D eigenvalue weighted by Crippen LogP contribution is 2.41. The molecule has 0 spiro atoms. The molecule has 1 aromatic heterocycles. The number of nitrogens with zero attached hydrogens (tertiary/aromatic N) is 4. The van der Waals surface area contributed by atoms with Crippen molar-refractivity contribution in [2.45, 2.75) is 63.8 Å². The quantitative estimate of drug-likeness (QED) is 0.303. The third-order valence-electron chi connectivity index (χ3n) is 8.27. The number of fused-ring (bicyclic) bond motifs is 3. The van der Waals surface area contributed by atoms with Crippen molar-refractivity contribution in [2.75, 3.05) is 0 Å². The van der Waals surface area contributed by atoms with Gasteiger partial charge in [0.2, 0.25) is 0 Å². The Labute approximate surface area is 247 Å². The monoisotopic (exact) mass is 583 g/mol. The second-order valence-corrected chi connectivity index (χ2v) is 12.2. The SMILES string of the molecule is Cn1ncc2cc(-c3ccc(C(=O)N4[C@@H]5CC[C@H]4[C@@H](NC(=O)OC(C)(C)C)C5)cc3-c3ccc(C#N)c(F)c3)c(F)cc21. The minimum atomic E-state index is -0.709. The number of nitrogens with one attached hydrogen (secondary N) is 1. The summed E-state index contributed by atoms with van der Waals surface area (Å²) < 4.78 is 37.4. The average Bonchev–Trinajstić information content (AvgIpc) is 3.63. The van der Waals surface area contributed by atoms with E-state index in [-0.39, 0.29) is 35.2 Å². The number of ether oxygens (including phenoxy) is 1. The first-order chi connectivity index (χ1) is 20.4. The molecule has 43 heavy (non-hydrogen) atoms. The summed E-state index contributed by atoms with van der Waals surface area (Å²) in [6, 6.07) is 13.6. The van der Waals surface area contributed by atoms with E-state index in [1.54, 1.807) is 69.0 Å². The number of nitriles is 1. The highest BCUT2D eigenvalue weighted by Gasteiger charge is 2.49. The van der Waals surface area contributed by atoms with Crippen LogP contribution in [-0.2, 0) is 11.8 Å². The largest absolute Gasteiger partial charge is 0.444 e. The van der Waals surface area contributed by atoms with Gasteiger partial charge in [-0.2, -0.15) is 10.4 Å². The summed E-state index contributed by atoms with van der Waals surface area (Å²) in [6.45, 7) is 5.39. The molecule has 3 atom stereocenters. The van der Waals surface area contributed by atoms with E-state index in [2.05, 4.69) is 10.4 Å². The Balaban J connectivity index is 1.38. The molecule has 6 rings (SSSR count). The highest BCUT2D eigenvalue weighted by molar-refractivity contribution is 5.99. The number of rotatable bonds is 4. The molecule has 8 nitrogen and oxygen atoms in total. The maximum atomic E-state index is 15.5. The Morgan fingerprint density at radius 2 is 1.81 bits per heavy atom. The fraction of sp³-hybridized carbons (Fsp3) is 0.333. The molecule has 2 aliphatic heterocycles. The van der Waals surface area contributed by atoms with Crippen LogP contribution in [0, 0.1) is 23.0 Å². The zero-order chi connectivity index (χ0) is 30.6. The minimum Gasteiger partial charge on any atom is -0.444 e. The van der Waals surface area contributed by atoms with Gasteiger partial charge in [-0.15, -0.1) is 0 Å². The van der Waals surface area contributed by atoms with E-state index in [9.17, 15) is 19.2 Å². The molecule has 3 aromatic carbocycles. The lowest BCUT2D eigenvalue weighted by atomic mass is 9.91. The Bertz CT molecular complexity index is 1820. The van der Waals surface area contributed by atoms with Crippen LogP contribution >= 0.6 is 0 Å². The summed E-state index contributed by atoms with van der Waals surface area (Å²) in [6.07, 6.45) is 3.32. The molecule has 0 saturated carbocycles. The van der Waals surface area contributed by atoms with E-state index >= 15 is 4.39 Å². The summed E-state index contributed by atoms with van der Waals surface area (Å²) in [5, 5.41) is 17.1. The fourth-order valence-electron chi connectivity index (χ4n) is 6.37. The van der Waals surface area contributed by atoms with Crippen molar-refractivity contribution in [1.29, 1.82) is 5.26 Å². The van der Waals surface area contributed by atoms with E-state index in [4.69, 9.17) is 4.74 Å². The van der Waals surface area contributed by atoms with Crippen LogP contribution in [0.15, 0.2) is 54.7 Å². The predicted octanol–water partition coefficient (Wildman–Crippen LogP) is 6.33. The molecule has 220 valence electrons. The molecule has 2 bridgehead atoms. The van der Waals surface area contributed by atoms with Gasteiger partial charge in [0.15, 0.2) is 0 Å². The number of carbonyl (C=O) groups is 2. The second kappa shape index (κ2) is 10.5. The number of benzene rings is 3. The molecule has 10 heteroatoms. The maximum absolute atomic E-state index is 15.5. The Kier molecular flexibility index (Phi) is 6.92. The van der Waals surface area contributed by atoms with Crippen molar-refractivity contribution in [3.63, 3.8) is 0 Å². The van der Waals surface area contributed by atoms with Gasteiger partial charge in [-0.3, -0.25) is 9.48 Å². The third kappa shape index (κ3) is 5.20. The second-order valence-electron chi connectivity index (χ2n) is 12.2. The van der Waals surface area contributed by atoms with E-state index in [1.165, 1.54) is 18.2 Å². The zero-order valence-corrected chi connectivity index (χ0v) is 24.3. The summed E-state index contributed by atoms with van der Waals surface area (Å²) in [4.78, 5) is 28.3. The van der Waals surface area contributed by atoms with Crippen LogP contribution in [0.5, 0.6) is 0 Å². The molecule has 2 fully saturated rings. The molecule has 0 aliphatic carbocycles. The molecule has 1 N–H and O–H groups in total. The van der Waals surface area contributed by atoms with Gasteiger partial charge in [0.05, 0.1) is 29.4 Å². The number of carbonyl (C=O) groups excluding carboxylic acids is 2. The van der Waals surface area contributed by atoms with Crippen LogP contribution in [0.4, 0.5) is 13.6 Å². The Hall–Kier alpha value is -4.78. The van der Waals surface area contributed by atoms with Crippen LogP contribution < -0.4 is 5.32 Å². The lowest BCUT2D eigenvalue weighted by Crippen LogP contribution is -2.46. The number of aryl methyl sites for hydroxylation is 1. The number of aromatic nitrogens is 2. The van der Waals surface area contributed by atoms with Crippen molar-refractivity contribution in [2.24, 2.45) is 7.05 Å². The first kappa shape index (κ1) is 28.3. The van der Waals surface area contributed by atoms with Gasteiger partial charge in [0.1, 0.15) is 23.3 Å². The van der Waals surface area contributed by atoms with Crippen molar-refractivity contribution < 1.29 is 23.1 Å². The van der Waals surface area contributed by atoms with Gasteiger partial charge in [-0.1, -0.05) is 12.1 Å². The van der Waals surface area contributed by atoms with Gasteiger partial charge in [-0.05, 0) is 87.1 Å². The molecule has 2 aliphatic rings. The highest BCUT2D eigenvalue weighted by atomic mass is 19.1. The number of hydrogen-bond acceptors (Lipinski definition) is 5. The van der Waals surface area contributed by atoms with Crippen LogP contribution in [0.3, 0.4) is 0 Å². The molecule has 2 amide bonds. The Morgan fingerprint density at radius 3 is 2.53 bits per heavy atom. The number of halogens is 2. The third-order valence-corrected chi connectivity index (χ3v) is 8.27. The fourth-order valence-corrected chi connectivity index (χ4v) is 6.37. The normalized spacial score (nSPS) is 19.5. The van der Waals surface area contributed by atoms with Gasteiger partial charge in [0.25, 0.3) is 5.91 Å². The number of amides is 2. The summed E-state index contributed by atoms with van der Waals surface area (Å²) >= 11 is 0. The van der Waals surface area contributed by atoms with Crippen molar-refractivity contribution in [3.05, 3.63) is 77.5 Å². The Morgan fingerprint density at radius 1 is 1.02 bits per heavy atom. The van der Waals surface area contributed by atoms with Crippen LogP contribution in [0.1, 0.15) is 56.0 Å². The molecule has 4 aromatic rings. The standard InChI is InChI=1S/C33H31F2N5O3/c1-33(2,3)43-32(42)38-28-14-22-8-10-29(28)40(22)31(41)19-7-9-23(24(11-19)18-5-6-20(16-36)26(34)13-18)25-12-21-17-37-39(4)30(21)15-27(25)35/h5-7,9,11-13,15,17,22,28-29H,8,10,14H2,1-4H3,(H,38,42)/t22-,28+,29+/m1/s1. The first-order valence-electron chi connectivity index (χ1n) is 14.2. The maximum Gasteiger partial charge on any atom is 0.407 e. The van der Waals surface area contributed by atoms with Gasteiger partial charge in [-0.25, -0.2) is 13.6 Å². The average molecular weight is 584 g/mol. The molecular formula is C33H31F2N5O3. The van der Waals surface area contributed by atoms with Crippen LogP contribution in [0.25, 0.3) is 33.2 Å². The molecule has 2 saturated heterocycles. The first-order valence-corrected chi connectivity index (χ1v) is 14.2. The molecule has 0 unspecified atom stereocenters. The van der Waals surface area contributed by atoms with E-state index < -0.39 is 23.3 Å². The minimum absolute atomic E-state index is 0.0432.